The Kier molecular flexibility index (Phi) is 3.54. The highest BCUT2D eigenvalue weighted by Gasteiger charge is 2.11. The van der Waals surface area contributed by atoms with E-state index in [-0.39, 0.29) is 5.91 Å². The molecule has 1 fully saturated rings. The van der Waals surface area contributed by atoms with Crippen molar-refractivity contribution in [3.63, 3.8) is 0 Å². The number of carbonyl (C=O) groups excluding carboxylic acids is 1. The lowest BCUT2D eigenvalue weighted by atomic mass is 10.1. The van der Waals surface area contributed by atoms with Crippen molar-refractivity contribution in [2.45, 2.75) is 19.4 Å². The van der Waals surface area contributed by atoms with Gasteiger partial charge in [0.1, 0.15) is 0 Å². The fourth-order valence-electron chi connectivity index (χ4n) is 2.04. The standard InChI is InChI=1S/C12H17N3O/c13-14-12(16)11-5-3-10(4-6-11)9-15-7-1-2-8-15/h3-6H,1-2,7-9,13H2,(H,14,16). The Labute approximate surface area is 95.4 Å². The molecule has 1 heterocycles. The van der Waals surface area contributed by atoms with E-state index in [1.165, 1.54) is 31.5 Å². The summed E-state index contributed by atoms with van der Waals surface area (Å²) in [5.74, 6) is 4.82. The second-order valence-electron chi connectivity index (χ2n) is 4.15. The first-order valence-electron chi connectivity index (χ1n) is 5.62. The highest BCUT2D eigenvalue weighted by atomic mass is 16.2. The number of rotatable bonds is 3. The lowest BCUT2D eigenvalue weighted by Gasteiger charge is -2.14. The number of hydrogen-bond donors (Lipinski definition) is 2. The van der Waals surface area contributed by atoms with Crippen LogP contribution in [-0.2, 0) is 6.54 Å². The van der Waals surface area contributed by atoms with Gasteiger partial charge in [-0.2, -0.15) is 0 Å². The number of amides is 1. The van der Waals surface area contributed by atoms with E-state index in [0.29, 0.717) is 5.56 Å². The summed E-state index contributed by atoms with van der Waals surface area (Å²) in [6.07, 6.45) is 2.60. The van der Waals surface area contributed by atoms with Crippen LogP contribution in [0.15, 0.2) is 24.3 Å². The van der Waals surface area contributed by atoms with Crippen LogP contribution in [0.25, 0.3) is 0 Å². The molecule has 1 saturated heterocycles. The summed E-state index contributed by atoms with van der Waals surface area (Å²) in [6.45, 7) is 3.35. The summed E-state index contributed by atoms with van der Waals surface area (Å²) in [6, 6.07) is 7.60. The zero-order valence-corrected chi connectivity index (χ0v) is 9.28. The van der Waals surface area contributed by atoms with Crippen LogP contribution in [-0.4, -0.2) is 23.9 Å². The predicted octanol–water partition coefficient (Wildman–Crippen LogP) is 0.886. The quantitative estimate of drug-likeness (QED) is 0.451. The zero-order chi connectivity index (χ0) is 11.4. The fraction of sp³-hybridized carbons (Fsp3) is 0.417. The summed E-state index contributed by atoms with van der Waals surface area (Å²) < 4.78 is 0. The Morgan fingerprint density at radius 3 is 2.44 bits per heavy atom. The molecule has 0 saturated carbocycles. The van der Waals surface area contributed by atoms with Gasteiger partial charge in [-0.1, -0.05) is 12.1 Å². The van der Waals surface area contributed by atoms with Crippen LogP contribution in [0.3, 0.4) is 0 Å². The van der Waals surface area contributed by atoms with Gasteiger partial charge >= 0.3 is 0 Å². The van der Waals surface area contributed by atoms with Crippen LogP contribution in [0.2, 0.25) is 0 Å². The lowest BCUT2D eigenvalue weighted by molar-refractivity contribution is 0.0953. The average Bonchev–Trinajstić information content (AvgIpc) is 2.82. The van der Waals surface area contributed by atoms with Crippen molar-refractivity contribution in [2.75, 3.05) is 13.1 Å². The smallest absolute Gasteiger partial charge is 0.265 e. The summed E-state index contributed by atoms with van der Waals surface area (Å²) in [5, 5.41) is 0. The van der Waals surface area contributed by atoms with Crippen molar-refractivity contribution in [2.24, 2.45) is 5.84 Å². The molecule has 2 rings (SSSR count). The Morgan fingerprint density at radius 2 is 1.88 bits per heavy atom. The van der Waals surface area contributed by atoms with Crippen LogP contribution in [0.1, 0.15) is 28.8 Å². The molecular formula is C12H17N3O. The van der Waals surface area contributed by atoms with Crippen molar-refractivity contribution in [3.8, 4) is 0 Å². The Hall–Kier alpha value is -1.39. The molecule has 86 valence electrons. The van der Waals surface area contributed by atoms with Gasteiger partial charge in [-0.05, 0) is 43.6 Å². The molecule has 4 nitrogen and oxygen atoms in total. The molecule has 0 radical (unpaired) electrons. The monoisotopic (exact) mass is 219 g/mol. The van der Waals surface area contributed by atoms with Gasteiger partial charge in [0, 0.05) is 12.1 Å². The summed E-state index contributed by atoms with van der Waals surface area (Å²) in [4.78, 5) is 13.7. The van der Waals surface area contributed by atoms with Crippen LogP contribution in [0, 0.1) is 0 Å². The number of nitrogen functional groups attached to an aromatic ring is 1. The van der Waals surface area contributed by atoms with Crippen molar-refractivity contribution in [1.29, 1.82) is 0 Å². The van der Waals surface area contributed by atoms with Crippen LogP contribution >= 0.6 is 0 Å². The molecule has 1 aliphatic rings. The van der Waals surface area contributed by atoms with Gasteiger partial charge in [0.25, 0.3) is 5.91 Å². The van der Waals surface area contributed by atoms with E-state index in [1.54, 1.807) is 0 Å². The Bertz CT molecular complexity index is 355. The molecular weight excluding hydrogens is 202 g/mol. The van der Waals surface area contributed by atoms with E-state index in [4.69, 9.17) is 5.84 Å². The minimum Gasteiger partial charge on any atom is -0.299 e. The van der Waals surface area contributed by atoms with Crippen molar-refractivity contribution >= 4 is 5.91 Å². The second-order valence-corrected chi connectivity index (χ2v) is 4.15. The van der Waals surface area contributed by atoms with Gasteiger partial charge in [0.05, 0.1) is 0 Å². The first-order valence-corrected chi connectivity index (χ1v) is 5.62. The maximum absolute atomic E-state index is 11.2. The molecule has 1 aromatic carbocycles. The summed E-state index contributed by atoms with van der Waals surface area (Å²) >= 11 is 0. The third-order valence-electron chi connectivity index (χ3n) is 2.95. The van der Waals surface area contributed by atoms with Crippen molar-refractivity contribution in [3.05, 3.63) is 35.4 Å². The van der Waals surface area contributed by atoms with Crippen molar-refractivity contribution < 1.29 is 4.79 Å². The van der Waals surface area contributed by atoms with Gasteiger partial charge in [-0.3, -0.25) is 15.1 Å². The molecule has 0 atom stereocenters. The number of hydrazine groups is 1. The topological polar surface area (TPSA) is 58.4 Å². The maximum atomic E-state index is 11.2. The molecule has 4 heteroatoms. The van der Waals surface area contributed by atoms with Crippen LogP contribution < -0.4 is 11.3 Å². The van der Waals surface area contributed by atoms with E-state index < -0.39 is 0 Å². The number of hydrogen-bond acceptors (Lipinski definition) is 3. The van der Waals surface area contributed by atoms with Gasteiger partial charge in [0.2, 0.25) is 0 Å². The third-order valence-corrected chi connectivity index (χ3v) is 2.95. The molecule has 0 aliphatic carbocycles. The molecule has 0 bridgehead atoms. The zero-order valence-electron chi connectivity index (χ0n) is 9.28. The number of nitrogens with one attached hydrogen (secondary N) is 1. The van der Waals surface area contributed by atoms with Gasteiger partial charge in [0.15, 0.2) is 0 Å². The predicted molar refractivity (Wildman–Crippen MR) is 62.6 cm³/mol. The van der Waals surface area contributed by atoms with E-state index in [2.05, 4.69) is 10.3 Å². The van der Waals surface area contributed by atoms with Crippen LogP contribution in [0.5, 0.6) is 0 Å². The highest BCUT2D eigenvalue weighted by Crippen LogP contribution is 2.13. The Morgan fingerprint density at radius 1 is 1.25 bits per heavy atom. The van der Waals surface area contributed by atoms with Gasteiger partial charge in [-0.25, -0.2) is 5.84 Å². The number of benzene rings is 1. The lowest BCUT2D eigenvalue weighted by Crippen LogP contribution is -2.29. The van der Waals surface area contributed by atoms with E-state index in [0.717, 1.165) is 6.54 Å². The number of carbonyl (C=O) groups is 1. The molecule has 16 heavy (non-hydrogen) atoms. The summed E-state index contributed by atoms with van der Waals surface area (Å²) in [7, 11) is 0. The van der Waals surface area contributed by atoms with Crippen LogP contribution in [0.4, 0.5) is 0 Å². The molecule has 1 amide bonds. The van der Waals surface area contributed by atoms with Gasteiger partial charge in [-0.15, -0.1) is 0 Å². The average molecular weight is 219 g/mol. The van der Waals surface area contributed by atoms with E-state index in [1.807, 2.05) is 24.3 Å². The van der Waals surface area contributed by atoms with E-state index >= 15 is 0 Å². The Balaban J connectivity index is 1.98. The number of likely N-dealkylation sites (tertiary alicyclic amines) is 1. The molecule has 1 aliphatic heterocycles. The normalized spacial score (nSPS) is 16.3. The fourth-order valence-corrected chi connectivity index (χ4v) is 2.04. The number of nitrogens with two attached hydrogens (primary N) is 1. The molecule has 0 unspecified atom stereocenters. The number of nitrogens with zero attached hydrogens (tertiary/aromatic N) is 1. The first kappa shape index (κ1) is 11.1. The first-order chi connectivity index (χ1) is 7.79. The SMILES string of the molecule is NNC(=O)c1ccc(CN2CCCC2)cc1. The van der Waals surface area contributed by atoms with E-state index in [9.17, 15) is 4.79 Å². The molecule has 3 N–H and O–H groups in total. The largest absolute Gasteiger partial charge is 0.299 e. The molecule has 1 aromatic rings. The third kappa shape index (κ3) is 2.59. The summed E-state index contributed by atoms with van der Waals surface area (Å²) in [5.41, 5.74) is 3.97. The minimum atomic E-state index is -0.243. The maximum Gasteiger partial charge on any atom is 0.265 e. The molecule has 0 aromatic heterocycles. The highest BCUT2D eigenvalue weighted by molar-refractivity contribution is 5.93. The van der Waals surface area contributed by atoms with Gasteiger partial charge < -0.3 is 0 Å². The molecule has 0 spiro atoms. The van der Waals surface area contributed by atoms with Crippen molar-refractivity contribution in [1.82, 2.24) is 10.3 Å². The minimum absolute atomic E-state index is 0.243. The second kappa shape index (κ2) is 5.09.